The van der Waals surface area contributed by atoms with Gasteiger partial charge in [-0.15, -0.1) is 11.3 Å². The Labute approximate surface area is 117 Å². The summed E-state index contributed by atoms with van der Waals surface area (Å²) in [7, 11) is 0. The molecule has 2 heterocycles. The molecular formula is C14H20N2O2S. The van der Waals surface area contributed by atoms with Crippen LogP contribution in [0.5, 0.6) is 0 Å². The number of hydrogen-bond donors (Lipinski definition) is 0. The fourth-order valence-electron chi connectivity index (χ4n) is 2.92. The Morgan fingerprint density at radius 3 is 2.95 bits per heavy atom. The molecule has 1 aliphatic carbocycles. The summed E-state index contributed by atoms with van der Waals surface area (Å²) in [6.07, 6.45) is 5.53. The molecule has 1 fully saturated rings. The third kappa shape index (κ3) is 2.48. The van der Waals surface area contributed by atoms with Gasteiger partial charge in [0, 0.05) is 18.0 Å². The van der Waals surface area contributed by atoms with Crippen molar-refractivity contribution >= 4 is 22.4 Å². The number of esters is 1. The van der Waals surface area contributed by atoms with Crippen LogP contribution in [0, 0.1) is 0 Å². The van der Waals surface area contributed by atoms with Crippen molar-refractivity contribution < 1.29 is 9.53 Å². The molecule has 0 N–H and O–H groups in total. The highest BCUT2D eigenvalue weighted by atomic mass is 32.1. The summed E-state index contributed by atoms with van der Waals surface area (Å²) in [4.78, 5) is 20.4. The third-order valence-electron chi connectivity index (χ3n) is 3.89. The quantitative estimate of drug-likeness (QED) is 0.798. The van der Waals surface area contributed by atoms with Crippen LogP contribution in [0.2, 0.25) is 0 Å². The number of ether oxygens (including phenoxy) is 1. The fraction of sp³-hybridized carbons (Fsp3) is 0.714. The Hall–Kier alpha value is -1.10. The molecule has 0 spiro atoms. The Morgan fingerprint density at radius 2 is 2.21 bits per heavy atom. The average Bonchev–Trinajstić information content (AvgIpc) is 3.06. The summed E-state index contributed by atoms with van der Waals surface area (Å²) in [5, 5.41) is 1.11. The topological polar surface area (TPSA) is 42.4 Å². The number of aryl methyl sites for hydroxylation is 1. The van der Waals surface area contributed by atoms with E-state index in [2.05, 4.69) is 4.90 Å². The van der Waals surface area contributed by atoms with Crippen LogP contribution in [0.3, 0.4) is 0 Å². The number of thiazole rings is 1. The van der Waals surface area contributed by atoms with Crippen LogP contribution in [0.25, 0.3) is 0 Å². The highest BCUT2D eigenvalue weighted by molar-refractivity contribution is 7.15. The summed E-state index contributed by atoms with van der Waals surface area (Å²) >= 11 is 1.78. The number of anilines is 1. The number of fused-ring (bicyclic) bond motifs is 1. The van der Waals surface area contributed by atoms with E-state index < -0.39 is 0 Å². The molecule has 1 aromatic heterocycles. The maximum Gasteiger partial charge on any atom is 0.315 e. The first-order chi connectivity index (χ1) is 9.29. The monoisotopic (exact) mass is 280 g/mol. The molecule has 0 radical (unpaired) electrons. The second-order valence-electron chi connectivity index (χ2n) is 5.20. The zero-order chi connectivity index (χ0) is 13.2. The number of carbonyl (C=O) groups is 1. The Bertz CT molecular complexity index is 466. The van der Waals surface area contributed by atoms with Crippen LogP contribution in [0.15, 0.2) is 0 Å². The molecule has 2 aliphatic rings. The maximum absolute atomic E-state index is 12.0. The second-order valence-corrected chi connectivity index (χ2v) is 6.26. The lowest BCUT2D eigenvalue weighted by Gasteiger charge is -2.19. The summed E-state index contributed by atoms with van der Waals surface area (Å²) < 4.78 is 5.19. The molecule has 5 heteroatoms. The minimum atomic E-state index is -0.128. The van der Waals surface area contributed by atoms with Gasteiger partial charge in [-0.25, -0.2) is 4.98 Å². The Balaban J connectivity index is 1.85. The largest absolute Gasteiger partial charge is 0.465 e. The van der Waals surface area contributed by atoms with Gasteiger partial charge in [-0.05, 0) is 39.0 Å². The van der Waals surface area contributed by atoms with Crippen molar-refractivity contribution in [2.75, 3.05) is 24.6 Å². The van der Waals surface area contributed by atoms with Gasteiger partial charge in [-0.3, -0.25) is 4.79 Å². The maximum atomic E-state index is 12.0. The lowest BCUT2D eigenvalue weighted by molar-refractivity contribution is -0.145. The Morgan fingerprint density at radius 1 is 1.42 bits per heavy atom. The summed E-state index contributed by atoms with van der Waals surface area (Å²) in [5.74, 6) is -0.224. The van der Waals surface area contributed by atoms with Crippen LogP contribution in [-0.4, -0.2) is 30.6 Å². The van der Waals surface area contributed by atoms with Crippen molar-refractivity contribution in [3.05, 3.63) is 10.6 Å². The lowest BCUT2D eigenvalue weighted by atomic mass is 9.91. The van der Waals surface area contributed by atoms with Gasteiger partial charge in [0.2, 0.25) is 0 Å². The SMILES string of the molecule is CCOC(=O)C1CCCc2sc(N3CCCC3)nc21. The molecule has 0 amide bonds. The van der Waals surface area contributed by atoms with E-state index in [1.54, 1.807) is 11.3 Å². The molecule has 1 aromatic rings. The lowest BCUT2D eigenvalue weighted by Crippen LogP contribution is -2.21. The van der Waals surface area contributed by atoms with E-state index in [9.17, 15) is 4.79 Å². The van der Waals surface area contributed by atoms with E-state index in [1.165, 1.54) is 17.7 Å². The van der Waals surface area contributed by atoms with Crippen molar-refractivity contribution in [3.63, 3.8) is 0 Å². The molecule has 0 aromatic carbocycles. The number of nitrogens with zero attached hydrogens (tertiary/aromatic N) is 2. The van der Waals surface area contributed by atoms with Gasteiger partial charge >= 0.3 is 5.97 Å². The van der Waals surface area contributed by atoms with Crippen molar-refractivity contribution in [1.82, 2.24) is 4.98 Å². The van der Waals surface area contributed by atoms with Gasteiger partial charge in [0.25, 0.3) is 0 Å². The van der Waals surface area contributed by atoms with E-state index in [4.69, 9.17) is 9.72 Å². The van der Waals surface area contributed by atoms with Crippen LogP contribution in [0.4, 0.5) is 5.13 Å². The van der Waals surface area contributed by atoms with Crippen molar-refractivity contribution in [2.24, 2.45) is 0 Å². The molecule has 1 atom stereocenters. The zero-order valence-corrected chi connectivity index (χ0v) is 12.2. The van der Waals surface area contributed by atoms with E-state index >= 15 is 0 Å². The van der Waals surface area contributed by atoms with E-state index in [1.807, 2.05) is 6.92 Å². The molecular weight excluding hydrogens is 260 g/mol. The molecule has 3 rings (SSSR count). The van der Waals surface area contributed by atoms with E-state index in [-0.39, 0.29) is 11.9 Å². The highest BCUT2D eigenvalue weighted by Crippen LogP contribution is 2.39. The molecule has 4 nitrogen and oxygen atoms in total. The van der Waals surface area contributed by atoms with Crippen molar-refractivity contribution in [1.29, 1.82) is 0 Å². The van der Waals surface area contributed by atoms with Gasteiger partial charge in [-0.2, -0.15) is 0 Å². The summed E-state index contributed by atoms with van der Waals surface area (Å²) in [6, 6.07) is 0. The molecule has 1 aliphatic heterocycles. The van der Waals surface area contributed by atoms with Crippen molar-refractivity contribution in [2.45, 2.75) is 44.9 Å². The van der Waals surface area contributed by atoms with E-state index in [0.717, 1.165) is 43.2 Å². The van der Waals surface area contributed by atoms with Gasteiger partial charge in [0.15, 0.2) is 5.13 Å². The van der Waals surface area contributed by atoms with Crippen LogP contribution in [0.1, 0.15) is 49.1 Å². The summed E-state index contributed by atoms with van der Waals surface area (Å²) in [5.41, 5.74) is 0.997. The number of aromatic nitrogens is 1. The van der Waals surface area contributed by atoms with E-state index in [0.29, 0.717) is 6.61 Å². The van der Waals surface area contributed by atoms with Gasteiger partial charge in [0.05, 0.1) is 12.3 Å². The Kier molecular flexibility index (Phi) is 3.73. The van der Waals surface area contributed by atoms with Gasteiger partial charge < -0.3 is 9.64 Å². The van der Waals surface area contributed by atoms with Crippen molar-refractivity contribution in [3.8, 4) is 0 Å². The predicted octanol–water partition coefficient (Wildman–Crippen LogP) is 2.73. The predicted molar refractivity (Wildman–Crippen MR) is 75.9 cm³/mol. The van der Waals surface area contributed by atoms with Crippen LogP contribution in [-0.2, 0) is 16.0 Å². The first-order valence-corrected chi connectivity index (χ1v) is 8.02. The molecule has 1 saturated heterocycles. The average molecular weight is 280 g/mol. The molecule has 0 saturated carbocycles. The highest BCUT2D eigenvalue weighted by Gasteiger charge is 2.32. The minimum absolute atomic E-state index is 0.0956. The van der Waals surface area contributed by atoms with Crippen LogP contribution < -0.4 is 4.90 Å². The minimum Gasteiger partial charge on any atom is -0.465 e. The smallest absolute Gasteiger partial charge is 0.315 e. The molecule has 104 valence electrons. The molecule has 1 unspecified atom stereocenters. The zero-order valence-electron chi connectivity index (χ0n) is 11.4. The number of rotatable bonds is 3. The summed E-state index contributed by atoms with van der Waals surface area (Å²) in [6.45, 7) is 4.53. The number of hydrogen-bond acceptors (Lipinski definition) is 5. The normalized spacial score (nSPS) is 22.4. The first-order valence-electron chi connectivity index (χ1n) is 7.20. The van der Waals surface area contributed by atoms with Crippen LogP contribution >= 0.6 is 11.3 Å². The number of carbonyl (C=O) groups excluding carboxylic acids is 1. The second kappa shape index (κ2) is 5.49. The fourth-order valence-corrected chi connectivity index (χ4v) is 4.14. The van der Waals surface area contributed by atoms with Gasteiger partial charge in [0.1, 0.15) is 5.92 Å². The van der Waals surface area contributed by atoms with Gasteiger partial charge in [-0.1, -0.05) is 0 Å². The standard InChI is InChI=1S/C14H20N2O2S/c1-2-18-13(17)10-6-5-7-11-12(10)15-14(19-11)16-8-3-4-9-16/h10H,2-9H2,1H3. The molecule has 19 heavy (non-hydrogen) atoms. The molecule has 0 bridgehead atoms. The first kappa shape index (κ1) is 12.9. The third-order valence-corrected chi connectivity index (χ3v) is 5.08.